The molecule has 0 aromatic heterocycles. The number of hydrogen-bond donors (Lipinski definition) is 1. The molecule has 4 atom stereocenters. The zero-order valence-electron chi connectivity index (χ0n) is 10.1. The Balaban J connectivity index is 1.59. The molecular weight excluding hydrogens is 291 g/mol. The summed E-state index contributed by atoms with van der Waals surface area (Å²) in [7, 11) is 0. The summed E-state index contributed by atoms with van der Waals surface area (Å²) >= 11 is 11.8. The molecule has 1 aromatic rings. The van der Waals surface area contributed by atoms with Crippen LogP contribution >= 0.6 is 23.2 Å². The second kappa shape index (κ2) is 5.56. The van der Waals surface area contributed by atoms with Crippen molar-refractivity contribution in [3.05, 3.63) is 33.8 Å². The highest BCUT2D eigenvalue weighted by Gasteiger charge is 2.47. The number of aliphatic hydroxyl groups excluding tert-OH is 1. The summed E-state index contributed by atoms with van der Waals surface area (Å²) < 4.78 is 16.8. The first kappa shape index (κ1) is 13.6. The van der Waals surface area contributed by atoms with E-state index in [0.29, 0.717) is 29.9 Å². The molecule has 0 saturated carbocycles. The smallest absolute Gasteiger partial charge is 0.115 e. The molecule has 0 bridgehead atoms. The van der Waals surface area contributed by atoms with Crippen molar-refractivity contribution in [1.82, 2.24) is 0 Å². The van der Waals surface area contributed by atoms with Crippen molar-refractivity contribution in [2.75, 3.05) is 13.2 Å². The van der Waals surface area contributed by atoms with Crippen LogP contribution in [0.4, 0.5) is 0 Å². The summed E-state index contributed by atoms with van der Waals surface area (Å²) in [6.45, 7) is 1.16. The molecule has 1 N–H and O–H groups in total. The summed E-state index contributed by atoms with van der Waals surface area (Å²) in [6, 6.07) is 5.39. The molecule has 19 heavy (non-hydrogen) atoms. The van der Waals surface area contributed by atoms with Gasteiger partial charge in [0.15, 0.2) is 0 Å². The van der Waals surface area contributed by atoms with Gasteiger partial charge in [-0.25, -0.2) is 0 Å². The fraction of sp³-hybridized carbons (Fsp3) is 0.538. The topological polar surface area (TPSA) is 47.9 Å². The van der Waals surface area contributed by atoms with E-state index in [1.165, 1.54) is 0 Å². The van der Waals surface area contributed by atoms with Gasteiger partial charge in [-0.1, -0.05) is 29.3 Å². The molecule has 6 heteroatoms. The van der Waals surface area contributed by atoms with Crippen molar-refractivity contribution < 1.29 is 19.3 Å². The molecule has 3 rings (SSSR count). The first-order valence-electron chi connectivity index (χ1n) is 6.12. The van der Waals surface area contributed by atoms with Crippen LogP contribution < -0.4 is 0 Å². The van der Waals surface area contributed by atoms with Gasteiger partial charge in [0.25, 0.3) is 0 Å². The lowest BCUT2D eigenvalue weighted by atomic mass is 10.1. The Kier molecular flexibility index (Phi) is 3.98. The van der Waals surface area contributed by atoms with Gasteiger partial charge in [-0.05, 0) is 17.7 Å². The van der Waals surface area contributed by atoms with Crippen LogP contribution in [0.3, 0.4) is 0 Å². The van der Waals surface area contributed by atoms with Crippen molar-refractivity contribution >= 4 is 23.2 Å². The Hall–Kier alpha value is -0.360. The van der Waals surface area contributed by atoms with E-state index in [-0.39, 0.29) is 18.3 Å². The maximum atomic E-state index is 9.63. The van der Waals surface area contributed by atoms with Crippen molar-refractivity contribution in [2.24, 2.45) is 0 Å². The molecule has 0 amide bonds. The third-order valence-electron chi connectivity index (χ3n) is 3.43. The quantitative estimate of drug-likeness (QED) is 0.928. The minimum Gasteiger partial charge on any atom is -0.388 e. The van der Waals surface area contributed by atoms with E-state index in [1.54, 1.807) is 12.1 Å². The van der Waals surface area contributed by atoms with Gasteiger partial charge in [0, 0.05) is 0 Å². The zero-order chi connectivity index (χ0) is 13.4. The second-order valence-corrected chi connectivity index (χ2v) is 5.58. The van der Waals surface area contributed by atoms with Crippen molar-refractivity contribution in [3.63, 3.8) is 0 Å². The Morgan fingerprint density at radius 1 is 1.16 bits per heavy atom. The van der Waals surface area contributed by atoms with E-state index < -0.39 is 6.10 Å². The standard InChI is InChI=1S/C13H14Cl2O4/c14-8-2-1-7(3-9(8)15)4-17-11-6-19-12-10(16)5-18-13(11)12/h1-3,10-13,16H,4-6H2/t10-,11+,12+,13+/m0/s1. The van der Waals surface area contributed by atoms with Crippen LogP contribution in [0.5, 0.6) is 0 Å². The number of ether oxygens (including phenoxy) is 3. The molecule has 2 aliphatic rings. The molecule has 0 radical (unpaired) electrons. The van der Waals surface area contributed by atoms with E-state index >= 15 is 0 Å². The first-order valence-corrected chi connectivity index (χ1v) is 6.87. The number of halogens is 2. The van der Waals surface area contributed by atoms with Gasteiger partial charge in [0.2, 0.25) is 0 Å². The molecule has 4 nitrogen and oxygen atoms in total. The van der Waals surface area contributed by atoms with Gasteiger partial charge in [-0.3, -0.25) is 0 Å². The molecule has 0 unspecified atom stereocenters. The molecular formula is C13H14Cl2O4. The predicted octanol–water partition coefficient (Wildman–Crippen LogP) is 2.04. The van der Waals surface area contributed by atoms with Crippen LogP contribution in [-0.2, 0) is 20.8 Å². The predicted molar refractivity (Wildman–Crippen MR) is 70.5 cm³/mol. The summed E-state index contributed by atoms with van der Waals surface area (Å²) in [5.41, 5.74) is 0.941. The normalized spacial score (nSPS) is 33.6. The molecule has 104 valence electrons. The van der Waals surface area contributed by atoms with Crippen LogP contribution in [0.25, 0.3) is 0 Å². The fourth-order valence-electron chi connectivity index (χ4n) is 2.42. The van der Waals surface area contributed by atoms with E-state index in [2.05, 4.69) is 0 Å². The van der Waals surface area contributed by atoms with Crippen molar-refractivity contribution in [3.8, 4) is 0 Å². The summed E-state index contributed by atoms with van der Waals surface area (Å²) in [4.78, 5) is 0. The highest BCUT2D eigenvalue weighted by Crippen LogP contribution is 2.30. The van der Waals surface area contributed by atoms with Gasteiger partial charge >= 0.3 is 0 Å². The number of fused-ring (bicyclic) bond motifs is 1. The second-order valence-electron chi connectivity index (χ2n) is 4.76. The molecule has 0 spiro atoms. The number of hydrogen-bond acceptors (Lipinski definition) is 4. The van der Waals surface area contributed by atoms with Gasteiger partial charge < -0.3 is 19.3 Å². The Morgan fingerprint density at radius 3 is 2.74 bits per heavy atom. The van der Waals surface area contributed by atoms with Gasteiger partial charge in [0.1, 0.15) is 24.4 Å². The summed E-state index contributed by atoms with van der Waals surface area (Å²) in [5, 5.41) is 10.7. The average molecular weight is 305 g/mol. The van der Waals surface area contributed by atoms with Gasteiger partial charge in [-0.2, -0.15) is 0 Å². The molecule has 1 aromatic carbocycles. The monoisotopic (exact) mass is 304 g/mol. The Morgan fingerprint density at radius 2 is 1.95 bits per heavy atom. The van der Waals surface area contributed by atoms with Gasteiger partial charge in [-0.15, -0.1) is 0 Å². The van der Waals surface area contributed by atoms with E-state index in [1.807, 2.05) is 6.07 Å². The number of rotatable bonds is 3. The number of aliphatic hydroxyl groups is 1. The maximum absolute atomic E-state index is 9.63. The third kappa shape index (κ3) is 2.75. The Labute approximate surface area is 121 Å². The first-order chi connectivity index (χ1) is 9.15. The molecule has 2 heterocycles. The minimum atomic E-state index is -0.552. The van der Waals surface area contributed by atoms with Crippen LogP contribution in [0, 0.1) is 0 Å². The SMILES string of the molecule is O[C@H]1CO[C@H]2[C@@H]1OC[C@H]2OCc1ccc(Cl)c(Cl)c1. The highest BCUT2D eigenvalue weighted by atomic mass is 35.5. The van der Waals surface area contributed by atoms with Crippen LogP contribution in [0.1, 0.15) is 5.56 Å². The van der Waals surface area contributed by atoms with E-state index in [4.69, 9.17) is 37.4 Å². The van der Waals surface area contributed by atoms with Crippen LogP contribution in [0.15, 0.2) is 18.2 Å². The molecule has 2 fully saturated rings. The van der Waals surface area contributed by atoms with Crippen molar-refractivity contribution in [2.45, 2.75) is 31.0 Å². The minimum absolute atomic E-state index is 0.156. The summed E-state index contributed by atoms with van der Waals surface area (Å²) in [6.07, 6.45) is -1.16. The largest absolute Gasteiger partial charge is 0.388 e. The lowest BCUT2D eigenvalue weighted by Crippen LogP contribution is -2.32. The van der Waals surface area contributed by atoms with Gasteiger partial charge in [0.05, 0.1) is 29.9 Å². The highest BCUT2D eigenvalue weighted by molar-refractivity contribution is 6.42. The molecule has 2 saturated heterocycles. The zero-order valence-corrected chi connectivity index (χ0v) is 11.6. The molecule has 2 aliphatic heterocycles. The van der Waals surface area contributed by atoms with Crippen LogP contribution in [-0.4, -0.2) is 42.7 Å². The average Bonchev–Trinajstić information content (AvgIpc) is 2.95. The van der Waals surface area contributed by atoms with Crippen molar-refractivity contribution in [1.29, 1.82) is 0 Å². The maximum Gasteiger partial charge on any atom is 0.115 e. The van der Waals surface area contributed by atoms with E-state index in [0.717, 1.165) is 5.56 Å². The molecule has 0 aliphatic carbocycles. The summed E-state index contributed by atoms with van der Waals surface area (Å²) in [5.74, 6) is 0. The fourth-order valence-corrected chi connectivity index (χ4v) is 2.74. The lowest BCUT2D eigenvalue weighted by Gasteiger charge is -2.16. The van der Waals surface area contributed by atoms with Crippen LogP contribution in [0.2, 0.25) is 10.0 Å². The number of benzene rings is 1. The van der Waals surface area contributed by atoms with E-state index in [9.17, 15) is 5.11 Å². The lowest BCUT2D eigenvalue weighted by molar-refractivity contribution is -0.0439. The Bertz CT molecular complexity index is 468. The third-order valence-corrected chi connectivity index (χ3v) is 4.17.